The van der Waals surface area contributed by atoms with Gasteiger partial charge >= 0.3 is 0 Å². The van der Waals surface area contributed by atoms with E-state index in [2.05, 4.69) is 0 Å². The number of anilines is 1. The topological polar surface area (TPSA) is 26.0 Å². The Morgan fingerprint density at radius 1 is 1.06 bits per heavy atom. The third kappa shape index (κ3) is 3.00. The Balaban J connectivity index is 2.02. The number of nitrogen functional groups attached to an aromatic ring is 1. The average Bonchev–Trinajstić information content (AvgIpc) is 2.27. The maximum Gasteiger partial charge on any atom is 0.124 e. The number of thioether (sulfide) groups is 1. The Kier molecular flexibility index (Phi) is 3.47. The molecule has 0 spiro atoms. The Morgan fingerprint density at radius 2 is 1.88 bits per heavy atom. The molecule has 0 aliphatic heterocycles. The second-order valence-corrected chi connectivity index (χ2v) is 4.54. The predicted octanol–water partition coefficient (Wildman–Crippen LogP) is 3.70. The van der Waals surface area contributed by atoms with Gasteiger partial charge in [-0.25, -0.2) is 4.39 Å². The van der Waals surface area contributed by atoms with Crippen molar-refractivity contribution in [2.45, 2.75) is 10.6 Å². The van der Waals surface area contributed by atoms with Crippen molar-refractivity contribution in [3.05, 3.63) is 59.9 Å². The van der Waals surface area contributed by atoms with E-state index in [0.29, 0.717) is 0 Å². The van der Waals surface area contributed by atoms with Gasteiger partial charge in [0, 0.05) is 16.3 Å². The lowest BCUT2D eigenvalue weighted by Crippen LogP contribution is -1.87. The molecule has 0 aliphatic rings. The monoisotopic (exact) mass is 233 g/mol. The van der Waals surface area contributed by atoms with Crippen molar-refractivity contribution in [2.75, 3.05) is 5.73 Å². The van der Waals surface area contributed by atoms with Crippen LogP contribution in [0.5, 0.6) is 0 Å². The molecule has 3 heteroatoms. The molecule has 2 aromatic carbocycles. The first-order chi connectivity index (χ1) is 7.74. The molecule has 2 aromatic rings. The van der Waals surface area contributed by atoms with E-state index in [4.69, 9.17) is 5.73 Å². The van der Waals surface area contributed by atoms with E-state index in [1.54, 1.807) is 17.8 Å². The van der Waals surface area contributed by atoms with Gasteiger partial charge in [-0.15, -0.1) is 11.8 Å². The molecule has 0 bridgehead atoms. The molecule has 0 aromatic heterocycles. The Bertz CT molecular complexity index is 439. The van der Waals surface area contributed by atoms with Crippen LogP contribution in [0.25, 0.3) is 0 Å². The molecule has 16 heavy (non-hydrogen) atoms. The van der Waals surface area contributed by atoms with Crippen LogP contribution in [-0.2, 0) is 5.75 Å². The summed E-state index contributed by atoms with van der Waals surface area (Å²) in [6, 6.07) is 14.3. The summed E-state index contributed by atoms with van der Waals surface area (Å²) in [5.74, 6) is 0.603. The SMILES string of the molecule is Nc1cccc(CSc2cccc(F)c2)c1. The van der Waals surface area contributed by atoms with E-state index in [1.807, 2.05) is 30.3 Å². The lowest BCUT2D eigenvalue weighted by Gasteiger charge is -2.03. The fourth-order valence-corrected chi connectivity index (χ4v) is 2.29. The van der Waals surface area contributed by atoms with Gasteiger partial charge in [0.25, 0.3) is 0 Å². The van der Waals surface area contributed by atoms with Crippen molar-refractivity contribution in [3.63, 3.8) is 0 Å². The molecule has 0 fully saturated rings. The summed E-state index contributed by atoms with van der Waals surface area (Å²) in [6.45, 7) is 0. The van der Waals surface area contributed by atoms with E-state index < -0.39 is 0 Å². The maximum absolute atomic E-state index is 12.9. The second-order valence-electron chi connectivity index (χ2n) is 3.49. The molecule has 0 unspecified atom stereocenters. The van der Waals surface area contributed by atoms with Crippen molar-refractivity contribution in [2.24, 2.45) is 0 Å². The zero-order valence-electron chi connectivity index (χ0n) is 8.69. The molecule has 0 radical (unpaired) electrons. The van der Waals surface area contributed by atoms with E-state index in [1.165, 1.54) is 12.1 Å². The molecule has 0 saturated heterocycles. The van der Waals surface area contributed by atoms with Crippen LogP contribution >= 0.6 is 11.8 Å². The van der Waals surface area contributed by atoms with Crippen LogP contribution in [-0.4, -0.2) is 0 Å². The second kappa shape index (κ2) is 5.03. The summed E-state index contributed by atoms with van der Waals surface area (Å²) >= 11 is 1.60. The number of benzene rings is 2. The van der Waals surface area contributed by atoms with Gasteiger partial charge in [0.15, 0.2) is 0 Å². The van der Waals surface area contributed by atoms with E-state index >= 15 is 0 Å². The average molecular weight is 233 g/mol. The first-order valence-electron chi connectivity index (χ1n) is 4.97. The minimum atomic E-state index is -0.197. The highest BCUT2D eigenvalue weighted by atomic mass is 32.2. The van der Waals surface area contributed by atoms with Gasteiger partial charge in [0.2, 0.25) is 0 Å². The summed E-state index contributed by atoms with van der Waals surface area (Å²) in [4.78, 5) is 0.933. The molecule has 2 N–H and O–H groups in total. The lowest BCUT2D eigenvalue weighted by molar-refractivity contribution is 0.624. The molecule has 2 rings (SSSR count). The first kappa shape index (κ1) is 11.0. The zero-order chi connectivity index (χ0) is 11.4. The van der Waals surface area contributed by atoms with Crippen molar-refractivity contribution in [1.29, 1.82) is 0 Å². The summed E-state index contributed by atoms with van der Waals surface area (Å²) in [5.41, 5.74) is 7.59. The van der Waals surface area contributed by atoms with E-state index in [0.717, 1.165) is 21.9 Å². The molecular formula is C13H12FNS. The molecular weight excluding hydrogens is 221 g/mol. The lowest BCUT2D eigenvalue weighted by atomic mass is 10.2. The summed E-state index contributed by atoms with van der Waals surface area (Å²) in [7, 11) is 0. The molecule has 0 aliphatic carbocycles. The third-order valence-corrected chi connectivity index (χ3v) is 3.22. The summed E-state index contributed by atoms with van der Waals surface area (Å²) in [5, 5.41) is 0. The number of halogens is 1. The number of hydrogen-bond acceptors (Lipinski definition) is 2. The largest absolute Gasteiger partial charge is 0.399 e. The van der Waals surface area contributed by atoms with Crippen molar-refractivity contribution in [3.8, 4) is 0 Å². The number of rotatable bonds is 3. The van der Waals surface area contributed by atoms with Gasteiger partial charge in [-0.05, 0) is 35.9 Å². The van der Waals surface area contributed by atoms with Crippen LogP contribution < -0.4 is 5.73 Å². The molecule has 1 nitrogen and oxygen atoms in total. The van der Waals surface area contributed by atoms with Crippen LogP contribution in [0.2, 0.25) is 0 Å². The first-order valence-corrected chi connectivity index (χ1v) is 5.95. The van der Waals surface area contributed by atoms with Gasteiger partial charge in [0.1, 0.15) is 5.82 Å². The summed E-state index contributed by atoms with van der Waals surface area (Å²) in [6.07, 6.45) is 0. The van der Waals surface area contributed by atoms with Crippen LogP contribution in [0.15, 0.2) is 53.4 Å². The Hall–Kier alpha value is -1.48. The Morgan fingerprint density at radius 3 is 2.62 bits per heavy atom. The predicted molar refractivity (Wildman–Crippen MR) is 66.8 cm³/mol. The highest BCUT2D eigenvalue weighted by molar-refractivity contribution is 7.98. The molecule has 0 amide bonds. The van der Waals surface area contributed by atoms with Crippen molar-refractivity contribution < 1.29 is 4.39 Å². The molecule has 0 heterocycles. The fraction of sp³-hybridized carbons (Fsp3) is 0.0769. The van der Waals surface area contributed by atoms with Crippen LogP contribution in [0.4, 0.5) is 10.1 Å². The van der Waals surface area contributed by atoms with Crippen molar-refractivity contribution >= 4 is 17.4 Å². The normalized spacial score (nSPS) is 10.3. The van der Waals surface area contributed by atoms with E-state index in [9.17, 15) is 4.39 Å². The van der Waals surface area contributed by atoms with Crippen LogP contribution in [0.3, 0.4) is 0 Å². The third-order valence-electron chi connectivity index (χ3n) is 2.15. The molecule has 0 atom stereocenters. The van der Waals surface area contributed by atoms with Gasteiger partial charge in [-0.3, -0.25) is 0 Å². The maximum atomic E-state index is 12.9. The van der Waals surface area contributed by atoms with Gasteiger partial charge in [-0.2, -0.15) is 0 Å². The van der Waals surface area contributed by atoms with Gasteiger partial charge in [-0.1, -0.05) is 18.2 Å². The van der Waals surface area contributed by atoms with E-state index in [-0.39, 0.29) is 5.82 Å². The van der Waals surface area contributed by atoms with Crippen molar-refractivity contribution in [1.82, 2.24) is 0 Å². The highest BCUT2D eigenvalue weighted by Crippen LogP contribution is 2.23. The minimum Gasteiger partial charge on any atom is -0.399 e. The van der Waals surface area contributed by atoms with Crippen LogP contribution in [0, 0.1) is 5.82 Å². The number of hydrogen-bond donors (Lipinski definition) is 1. The quantitative estimate of drug-likeness (QED) is 0.646. The highest BCUT2D eigenvalue weighted by Gasteiger charge is 1.98. The minimum absolute atomic E-state index is 0.197. The fourth-order valence-electron chi connectivity index (χ4n) is 1.41. The smallest absolute Gasteiger partial charge is 0.124 e. The number of nitrogens with two attached hydrogens (primary N) is 1. The standard InChI is InChI=1S/C13H12FNS/c14-11-4-2-6-13(8-11)16-9-10-3-1-5-12(15)7-10/h1-8H,9,15H2. The van der Waals surface area contributed by atoms with Crippen LogP contribution in [0.1, 0.15) is 5.56 Å². The summed E-state index contributed by atoms with van der Waals surface area (Å²) < 4.78 is 12.9. The van der Waals surface area contributed by atoms with Gasteiger partial charge < -0.3 is 5.73 Å². The molecule has 82 valence electrons. The Labute approximate surface area is 98.5 Å². The molecule has 0 saturated carbocycles. The zero-order valence-corrected chi connectivity index (χ0v) is 9.51. The van der Waals surface area contributed by atoms with Gasteiger partial charge in [0.05, 0.1) is 0 Å².